The number of aryl methyl sites for hydroxylation is 2. The molecule has 1 atom stereocenters. The highest BCUT2D eigenvalue weighted by Crippen LogP contribution is 2.37. The summed E-state index contributed by atoms with van der Waals surface area (Å²) in [5.74, 6) is -0.107. The highest BCUT2D eigenvalue weighted by molar-refractivity contribution is 7.92. The SMILES string of the molecule is Cc1cccc(C)c1NC(=O)[C@@H]1CN(S(C)(=O)=O)c2cc(Cl)ccc2O1. The fraction of sp³-hybridized carbons (Fsp3) is 0.278. The van der Waals surface area contributed by atoms with Crippen LogP contribution in [-0.2, 0) is 14.8 Å². The molecule has 0 aliphatic carbocycles. The highest BCUT2D eigenvalue weighted by atomic mass is 35.5. The van der Waals surface area contributed by atoms with E-state index in [0.29, 0.717) is 22.1 Å². The molecule has 1 N–H and O–H groups in total. The zero-order valence-corrected chi connectivity index (χ0v) is 16.2. The first-order chi connectivity index (χ1) is 12.2. The molecule has 0 fully saturated rings. The number of sulfonamides is 1. The summed E-state index contributed by atoms with van der Waals surface area (Å²) in [5.41, 5.74) is 2.87. The Morgan fingerprint density at radius 3 is 2.50 bits per heavy atom. The van der Waals surface area contributed by atoms with Crippen LogP contribution in [0.25, 0.3) is 0 Å². The number of carbonyl (C=O) groups is 1. The molecule has 2 aromatic carbocycles. The number of nitrogens with one attached hydrogen (secondary N) is 1. The number of nitrogens with zero attached hydrogens (tertiary/aromatic N) is 1. The van der Waals surface area contributed by atoms with Gasteiger partial charge in [-0.2, -0.15) is 0 Å². The zero-order chi connectivity index (χ0) is 19.1. The number of ether oxygens (including phenoxy) is 1. The number of fused-ring (bicyclic) bond motifs is 1. The Hall–Kier alpha value is -2.25. The molecule has 138 valence electrons. The van der Waals surface area contributed by atoms with E-state index < -0.39 is 22.0 Å². The molecular weight excluding hydrogens is 376 g/mol. The van der Waals surface area contributed by atoms with Crippen molar-refractivity contribution in [2.45, 2.75) is 20.0 Å². The molecule has 1 aliphatic heterocycles. The molecule has 0 spiro atoms. The summed E-state index contributed by atoms with van der Waals surface area (Å²) in [5, 5.41) is 3.24. The first-order valence-corrected chi connectivity index (χ1v) is 10.2. The number of carbonyl (C=O) groups excluding carboxylic acids is 1. The Morgan fingerprint density at radius 1 is 1.23 bits per heavy atom. The number of hydrogen-bond acceptors (Lipinski definition) is 4. The van der Waals surface area contributed by atoms with Crippen molar-refractivity contribution >= 4 is 38.9 Å². The maximum Gasteiger partial charge on any atom is 0.267 e. The van der Waals surface area contributed by atoms with Gasteiger partial charge in [-0.25, -0.2) is 8.42 Å². The smallest absolute Gasteiger partial charge is 0.267 e. The summed E-state index contributed by atoms with van der Waals surface area (Å²) in [6, 6.07) is 10.4. The standard InChI is InChI=1S/C18H19ClN2O4S/c1-11-5-4-6-12(2)17(11)20-18(22)16-10-21(26(3,23)24)14-9-13(19)7-8-15(14)25-16/h4-9,16H,10H2,1-3H3,(H,20,22)/t16-/m0/s1. The zero-order valence-electron chi connectivity index (χ0n) is 14.6. The van der Waals surface area contributed by atoms with Gasteiger partial charge < -0.3 is 10.1 Å². The normalized spacial score (nSPS) is 16.6. The molecule has 0 bridgehead atoms. The van der Waals surface area contributed by atoms with E-state index in [1.165, 1.54) is 6.07 Å². The third kappa shape index (κ3) is 3.64. The molecule has 0 saturated carbocycles. The van der Waals surface area contributed by atoms with Gasteiger partial charge in [-0.1, -0.05) is 29.8 Å². The van der Waals surface area contributed by atoms with Crippen LogP contribution in [0, 0.1) is 13.8 Å². The van der Waals surface area contributed by atoms with Crippen LogP contribution >= 0.6 is 11.6 Å². The van der Waals surface area contributed by atoms with Gasteiger partial charge >= 0.3 is 0 Å². The minimum atomic E-state index is -3.60. The van der Waals surface area contributed by atoms with Gasteiger partial charge in [-0.15, -0.1) is 0 Å². The lowest BCUT2D eigenvalue weighted by molar-refractivity contribution is -0.122. The summed E-state index contributed by atoms with van der Waals surface area (Å²) < 4.78 is 31.3. The molecule has 6 nitrogen and oxygen atoms in total. The second-order valence-corrected chi connectivity index (χ2v) is 8.61. The summed E-state index contributed by atoms with van der Waals surface area (Å²) in [7, 11) is -3.60. The fourth-order valence-corrected chi connectivity index (χ4v) is 3.96. The maximum absolute atomic E-state index is 12.7. The van der Waals surface area contributed by atoms with Crippen molar-refractivity contribution in [3.63, 3.8) is 0 Å². The predicted molar refractivity (Wildman–Crippen MR) is 103 cm³/mol. The first-order valence-electron chi connectivity index (χ1n) is 7.98. The van der Waals surface area contributed by atoms with E-state index >= 15 is 0 Å². The van der Waals surface area contributed by atoms with E-state index in [9.17, 15) is 13.2 Å². The fourth-order valence-electron chi connectivity index (χ4n) is 2.89. The molecule has 0 saturated heterocycles. The Morgan fingerprint density at radius 2 is 1.88 bits per heavy atom. The minimum Gasteiger partial charge on any atom is -0.476 e. The van der Waals surface area contributed by atoms with Crippen LogP contribution in [-0.4, -0.2) is 33.2 Å². The molecule has 26 heavy (non-hydrogen) atoms. The van der Waals surface area contributed by atoms with Crippen molar-refractivity contribution in [1.29, 1.82) is 0 Å². The van der Waals surface area contributed by atoms with Crippen molar-refractivity contribution in [1.82, 2.24) is 0 Å². The van der Waals surface area contributed by atoms with Crippen LogP contribution < -0.4 is 14.4 Å². The molecular formula is C18H19ClN2O4S. The lowest BCUT2D eigenvalue weighted by Gasteiger charge is -2.34. The number of halogens is 1. The van der Waals surface area contributed by atoms with Gasteiger partial charge in [-0.3, -0.25) is 9.10 Å². The molecule has 1 aliphatic rings. The van der Waals surface area contributed by atoms with Crippen LogP contribution in [0.2, 0.25) is 5.02 Å². The largest absolute Gasteiger partial charge is 0.476 e. The average molecular weight is 395 g/mol. The van der Waals surface area contributed by atoms with E-state index in [-0.39, 0.29) is 6.54 Å². The average Bonchev–Trinajstić information content (AvgIpc) is 2.56. The van der Waals surface area contributed by atoms with Crippen molar-refractivity contribution in [3.8, 4) is 5.75 Å². The van der Waals surface area contributed by atoms with E-state index in [1.807, 2.05) is 32.0 Å². The third-order valence-electron chi connectivity index (χ3n) is 4.21. The van der Waals surface area contributed by atoms with E-state index in [4.69, 9.17) is 16.3 Å². The van der Waals surface area contributed by atoms with Crippen LogP contribution in [0.4, 0.5) is 11.4 Å². The van der Waals surface area contributed by atoms with Gasteiger partial charge in [0.15, 0.2) is 6.10 Å². The number of hydrogen-bond donors (Lipinski definition) is 1. The van der Waals surface area contributed by atoms with Crippen molar-refractivity contribution < 1.29 is 17.9 Å². The summed E-state index contributed by atoms with van der Waals surface area (Å²) >= 11 is 5.98. The summed E-state index contributed by atoms with van der Waals surface area (Å²) in [6.07, 6.45) is 0.112. The third-order valence-corrected chi connectivity index (χ3v) is 5.59. The van der Waals surface area contributed by atoms with Gasteiger partial charge in [0.05, 0.1) is 18.5 Å². The molecule has 0 radical (unpaired) electrons. The Bertz CT molecular complexity index is 955. The second kappa shape index (κ2) is 6.81. The topological polar surface area (TPSA) is 75.7 Å². The molecule has 8 heteroatoms. The maximum atomic E-state index is 12.7. The van der Waals surface area contributed by atoms with Gasteiger partial charge in [0, 0.05) is 10.7 Å². The van der Waals surface area contributed by atoms with Crippen molar-refractivity contribution in [3.05, 3.63) is 52.5 Å². The predicted octanol–water partition coefficient (Wildman–Crippen LogP) is 3.12. The van der Waals surface area contributed by atoms with E-state index in [2.05, 4.69) is 5.32 Å². The minimum absolute atomic E-state index is 0.122. The van der Waals surface area contributed by atoms with Crippen molar-refractivity contribution in [2.24, 2.45) is 0 Å². The summed E-state index contributed by atoms with van der Waals surface area (Å²) in [6.45, 7) is 3.66. The van der Waals surface area contributed by atoms with Gasteiger partial charge in [0.2, 0.25) is 10.0 Å². The molecule has 2 aromatic rings. The van der Waals surface area contributed by atoms with E-state index in [0.717, 1.165) is 21.7 Å². The highest BCUT2D eigenvalue weighted by Gasteiger charge is 2.35. The Kier molecular flexibility index (Phi) is 4.86. The summed E-state index contributed by atoms with van der Waals surface area (Å²) in [4.78, 5) is 12.7. The van der Waals surface area contributed by atoms with E-state index in [1.54, 1.807) is 12.1 Å². The van der Waals surface area contributed by atoms with Gasteiger partial charge in [0.1, 0.15) is 5.75 Å². The molecule has 1 heterocycles. The Labute approximate surface area is 157 Å². The molecule has 1 amide bonds. The first kappa shape index (κ1) is 18.5. The number of anilines is 2. The number of para-hydroxylation sites is 1. The quantitative estimate of drug-likeness (QED) is 0.867. The Balaban J connectivity index is 1.92. The van der Waals surface area contributed by atoms with Gasteiger partial charge in [-0.05, 0) is 43.2 Å². The lowest BCUT2D eigenvalue weighted by atomic mass is 10.1. The number of rotatable bonds is 3. The van der Waals surface area contributed by atoms with Crippen molar-refractivity contribution in [2.75, 3.05) is 22.4 Å². The number of benzene rings is 2. The molecule has 3 rings (SSSR count). The van der Waals surface area contributed by atoms with Crippen LogP contribution in [0.3, 0.4) is 0 Å². The van der Waals surface area contributed by atoms with Crippen LogP contribution in [0.5, 0.6) is 5.75 Å². The van der Waals surface area contributed by atoms with Crippen LogP contribution in [0.1, 0.15) is 11.1 Å². The molecule has 0 unspecified atom stereocenters. The van der Waals surface area contributed by atoms with Gasteiger partial charge in [0.25, 0.3) is 5.91 Å². The second-order valence-electron chi connectivity index (χ2n) is 6.27. The number of amides is 1. The van der Waals surface area contributed by atoms with Crippen LogP contribution in [0.15, 0.2) is 36.4 Å². The monoisotopic (exact) mass is 394 g/mol. The molecule has 0 aromatic heterocycles. The lowest BCUT2D eigenvalue weighted by Crippen LogP contribution is -2.48.